The molecule has 4 aliphatic rings. The second kappa shape index (κ2) is 10.7. The van der Waals surface area contributed by atoms with Gasteiger partial charge in [-0.15, -0.1) is 0 Å². The molecule has 1 N–H and O–H groups in total. The van der Waals surface area contributed by atoms with Gasteiger partial charge in [0.2, 0.25) is 0 Å². The Hall–Kier alpha value is -2.27. The van der Waals surface area contributed by atoms with Crippen LogP contribution in [-0.4, -0.2) is 83.8 Å². The van der Waals surface area contributed by atoms with E-state index in [1.165, 1.54) is 5.56 Å². The molecular formula is C28H39N5O4S. The second-order valence-corrected chi connectivity index (χ2v) is 13.4. The van der Waals surface area contributed by atoms with Crippen LogP contribution in [0, 0.1) is 0 Å². The van der Waals surface area contributed by atoms with Crippen molar-refractivity contribution in [1.29, 1.82) is 0 Å². The van der Waals surface area contributed by atoms with Crippen molar-refractivity contribution in [3.05, 3.63) is 53.4 Å². The average molecular weight is 542 g/mol. The molecule has 1 saturated carbocycles. The Kier molecular flexibility index (Phi) is 7.32. The number of hydrogen-bond donors (Lipinski definition) is 1. The number of fused-ring (bicyclic) bond motifs is 2. The molecule has 4 heterocycles. The van der Waals surface area contributed by atoms with Crippen LogP contribution in [0.2, 0.25) is 0 Å². The molecule has 6 rings (SSSR count). The van der Waals surface area contributed by atoms with E-state index in [-0.39, 0.29) is 24.0 Å². The van der Waals surface area contributed by atoms with Gasteiger partial charge in [-0.05, 0) is 70.4 Å². The Morgan fingerprint density at radius 1 is 1.05 bits per heavy atom. The molecule has 1 aromatic carbocycles. The predicted molar refractivity (Wildman–Crippen MR) is 144 cm³/mol. The maximum atomic E-state index is 13.7. The Morgan fingerprint density at radius 2 is 1.74 bits per heavy atom. The Morgan fingerprint density at radius 3 is 2.39 bits per heavy atom. The van der Waals surface area contributed by atoms with Crippen LogP contribution in [0.25, 0.3) is 0 Å². The molecule has 0 spiro atoms. The van der Waals surface area contributed by atoms with Crippen molar-refractivity contribution >= 4 is 16.1 Å². The maximum absolute atomic E-state index is 13.7. The number of carbonyl (C=O) groups is 1. The molecule has 3 aliphatic heterocycles. The van der Waals surface area contributed by atoms with E-state index in [2.05, 4.69) is 46.7 Å². The van der Waals surface area contributed by atoms with E-state index in [0.29, 0.717) is 43.6 Å². The summed E-state index contributed by atoms with van der Waals surface area (Å²) in [6.07, 6.45) is 7.89. The first-order valence-corrected chi connectivity index (χ1v) is 15.6. The van der Waals surface area contributed by atoms with E-state index in [4.69, 9.17) is 4.52 Å². The summed E-state index contributed by atoms with van der Waals surface area (Å²) in [4.78, 5) is 15.2. The van der Waals surface area contributed by atoms with E-state index in [9.17, 15) is 13.2 Å². The minimum absolute atomic E-state index is 0.0449. The number of likely N-dealkylation sites (N-methyl/N-ethyl adjacent to an activating group) is 1. The van der Waals surface area contributed by atoms with E-state index in [1.807, 2.05) is 6.07 Å². The van der Waals surface area contributed by atoms with Gasteiger partial charge in [0.25, 0.3) is 16.1 Å². The highest BCUT2D eigenvalue weighted by molar-refractivity contribution is 7.86. The van der Waals surface area contributed by atoms with Crippen molar-refractivity contribution in [3.8, 4) is 0 Å². The second-order valence-electron chi connectivity index (χ2n) is 11.6. The number of nitrogens with zero attached hydrogens (tertiary/aromatic N) is 4. The molecule has 0 radical (unpaired) electrons. The normalized spacial score (nSPS) is 27.2. The van der Waals surface area contributed by atoms with Crippen LogP contribution >= 0.6 is 0 Å². The van der Waals surface area contributed by atoms with Crippen molar-refractivity contribution in [2.24, 2.45) is 0 Å². The summed E-state index contributed by atoms with van der Waals surface area (Å²) in [5.74, 6) is 0.982. The molecule has 9 nitrogen and oxygen atoms in total. The molecule has 1 aliphatic carbocycles. The van der Waals surface area contributed by atoms with Crippen molar-refractivity contribution in [2.45, 2.75) is 87.9 Å². The summed E-state index contributed by atoms with van der Waals surface area (Å²) < 4.78 is 36.3. The van der Waals surface area contributed by atoms with E-state index in [0.717, 1.165) is 57.3 Å². The van der Waals surface area contributed by atoms with Crippen molar-refractivity contribution in [2.75, 3.05) is 26.7 Å². The molecular weight excluding hydrogens is 502 g/mol. The van der Waals surface area contributed by atoms with Gasteiger partial charge in [0.1, 0.15) is 5.76 Å². The number of rotatable bonds is 9. The molecule has 1 aromatic heterocycles. The Balaban J connectivity index is 1.01. The fourth-order valence-corrected chi connectivity index (χ4v) is 8.70. The highest BCUT2D eigenvalue weighted by Gasteiger charge is 2.49. The lowest BCUT2D eigenvalue weighted by molar-refractivity contribution is 0.0896. The number of piperidine rings is 2. The predicted octanol–water partition coefficient (Wildman–Crippen LogP) is 3.16. The van der Waals surface area contributed by atoms with Crippen molar-refractivity contribution < 1.29 is 17.7 Å². The van der Waals surface area contributed by atoms with Crippen LogP contribution in [0.4, 0.5) is 0 Å². The lowest BCUT2D eigenvalue weighted by atomic mass is 9.99. The van der Waals surface area contributed by atoms with Crippen molar-refractivity contribution in [3.63, 3.8) is 0 Å². The van der Waals surface area contributed by atoms with Gasteiger partial charge in [0.05, 0.1) is 0 Å². The fraction of sp³-hybridized carbons (Fsp3) is 0.643. The first-order chi connectivity index (χ1) is 18.4. The molecule has 1 amide bonds. The van der Waals surface area contributed by atoms with Gasteiger partial charge in [0.15, 0.2) is 5.69 Å². The third-order valence-electron chi connectivity index (χ3n) is 8.98. The zero-order valence-electron chi connectivity index (χ0n) is 22.2. The summed E-state index contributed by atoms with van der Waals surface area (Å²) in [5, 5.41) is 7.05. The number of benzene rings is 1. The smallest absolute Gasteiger partial charge is 0.282 e. The van der Waals surface area contributed by atoms with Crippen LogP contribution in [-0.2, 0) is 16.6 Å². The number of amides is 1. The standard InChI is InChI=1S/C28H39N5O4S/c1-31(14-11-20-5-3-2-4-6-20)23-12-15-32(16-13-23)38(35,36)33-24-9-10-25(33)18-22(17-24)29-28(34)26-19-27(37-30-26)21-7-8-21/h2-6,19,21-25H,7-18H2,1H3,(H,29,34)/t22-,24+,25-. The molecule has 38 heavy (non-hydrogen) atoms. The van der Waals surface area contributed by atoms with Gasteiger partial charge in [-0.25, -0.2) is 0 Å². The molecule has 4 fully saturated rings. The molecule has 3 saturated heterocycles. The number of nitrogens with one attached hydrogen (secondary N) is 1. The van der Waals surface area contributed by atoms with Crippen LogP contribution in [0.1, 0.15) is 79.1 Å². The van der Waals surface area contributed by atoms with Gasteiger partial charge in [0, 0.05) is 55.8 Å². The monoisotopic (exact) mass is 541 g/mol. The summed E-state index contributed by atoms with van der Waals surface area (Å²) >= 11 is 0. The average Bonchev–Trinajstić information content (AvgIpc) is 3.58. The van der Waals surface area contributed by atoms with E-state index < -0.39 is 10.2 Å². The largest absolute Gasteiger partial charge is 0.360 e. The van der Waals surface area contributed by atoms with Gasteiger partial charge in [-0.3, -0.25) is 4.79 Å². The van der Waals surface area contributed by atoms with Gasteiger partial charge < -0.3 is 14.7 Å². The summed E-state index contributed by atoms with van der Waals surface area (Å²) in [5.41, 5.74) is 1.66. The van der Waals surface area contributed by atoms with E-state index in [1.54, 1.807) is 14.7 Å². The quantitative estimate of drug-likeness (QED) is 0.524. The van der Waals surface area contributed by atoms with E-state index >= 15 is 0 Å². The molecule has 206 valence electrons. The van der Waals surface area contributed by atoms with Crippen LogP contribution < -0.4 is 5.32 Å². The summed E-state index contributed by atoms with van der Waals surface area (Å²) in [6.45, 7) is 2.10. The number of carbonyl (C=O) groups excluding carboxylic acids is 1. The molecule has 3 atom stereocenters. The zero-order valence-corrected chi connectivity index (χ0v) is 23.0. The third kappa shape index (κ3) is 5.41. The number of aromatic nitrogens is 1. The molecule has 2 aromatic rings. The fourth-order valence-electron chi connectivity index (χ4n) is 6.62. The number of hydrogen-bond acceptors (Lipinski definition) is 6. The summed E-state index contributed by atoms with van der Waals surface area (Å²) in [7, 11) is -1.36. The Bertz CT molecular complexity index is 1210. The zero-order chi connectivity index (χ0) is 26.3. The molecule has 10 heteroatoms. The van der Waals surface area contributed by atoms with Gasteiger partial charge in [-0.1, -0.05) is 35.5 Å². The lowest BCUT2D eigenvalue weighted by Gasteiger charge is -2.43. The SMILES string of the molecule is CN(CCc1ccccc1)C1CCN(S(=O)(=O)N2[C@@H]3CC[C@H]2C[C@@H](NC(=O)c2cc(C4CC4)on2)C3)CC1. The maximum Gasteiger partial charge on any atom is 0.282 e. The van der Waals surface area contributed by atoms with Gasteiger partial charge in [-0.2, -0.15) is 17.0 Å². The first-order valence-electron chi connectivity index (χ1n) is 14.2. The lowest BCUT2D eigenvalue weighted by Crippen LogP contribution is -2.57. The Labute approximate surface area is 225 Å². The molecule has 2 bridgehead atoms. The topological polar surface area (TPSA) is 99.0 Å². The highest BCUT2D eigenvalue weighted by atomic mass is 32.2. The molecule has 0 unspecified atom stereocenters. The minimum atomic E-state index is -3.52. The van der Waals surface area contributed by atoms with Crippen LogP contribution in [0.3, 0.4) is 0 Å². The summed E-state index contributed by atoms with van der Waals surface area (Å²) in [6, 6.07) is 12.5. The van der Waals surface area contributed by atoms with Crippen molar-refractivity contribution in [1.82, 2.24) is 24.0 Å². The highest BCUT2D eigenvalue weighted by Crippen LogP contribution is 2.41. The third-order valence-corrected chi connectivity index (χ3v) is 11.1. The van der Waals surface area contributed by atoms with Crippen LogP contribution in [0.5, 0.6) is 0 Å². The first kappa shape index (κ1) is 26.0. The van der Waals surface area contributed by atoms with Gasteiger partial charge >= 0.3 is 0 Å². The van der Waals surface area contributed by atoms with Crippen LogP contribution in [0.15, 0.2) is 40.9 Å². The minimum Gasteiger partial charge on any atom is -0.360 e.